The summed E-state index contributed by atoms with van der Waals surface area (Å²) in [7, 11) is 0. The topological polar surface area (TPSA) is 105 Å². The molecule has 0 aliphatic carbocycles. The van der Waals surface area contributed by atoms with Crippen LogP contribution in [0.2, 0.25) is 0 Å². The Bertz CT molecular complexity index is 977. The molecule has 1 N–H and O–H groups in total. The van der Waals surface area contributed by atoms with Gasteiger partial charge in [-0.2, -0.15) is 0 Å². The van der Waals surface area contributed by atoms with Crippen molar-refractivity contribution in [2.24, 2.45) is 10.9 Å². The van der Waals surface area contributed by atoms with Crippen molar-refractivity contribution in [3.05, 3.63) is 63.1 Å². The molecule has 2 aromatic rings. The van der Waals surface area contributed by atoms with E-state index in [1.54, 1.807) is 24.3 Å². The van der Waals surface area contributed by atoms with Gasteiger partial charge in [0.1, 0.15) is 0 Å². The van der Waals surface area contributed by atoms with E-state index in [1.807, 2.05) is 0 Å². The summed E-state index contributed by atoms with van der Waals surface area (Å²) in [6.07, 6.45) is 1.16. The lowest BCUT2D eigenvalue weighted by molar-refractivity contribution is -0.384. The van der Waals surface area contributed by atoms with Crippen LogP contribution in [0.5, 0.6) is 0 Å². The van der Waals surface area contributed by atoms with Gasteiger partial charge in [-0.3, -0.25) is 29.6 Å². The molecular weight excluding hydrogens is 436 g/mol. The summed E-state index contributed by atoms with van der Waals surface area (Å²) in [5.41, 5.74) is 0.622. The van der Waals surface area contributed by atoms with Crippen LogP contribution in [-0.2, 0) is 9.59 Å². The molecule has 8 nitrogen and oxygen atoms in total. The number of carbonyl (C=O) groups excluding carboxylic acids is 2. The van der Waals surface area contributed by atoms with Gasteiger partial charge in [0.25, 0.3) is 11.6 Å². The molecule has 136 valence electrons. The van der Waals surface area contributed by atoms with Gasteiger partial charge in [0, 0.05) is 22.8 Å². The minimum atomic E-state index is -1.21. The first-order valence-corrected chi connectivity index (χ1v) is 8.80. The van der Waals surface area contributed by atoms with Gasteiger partial charge in [0.2, 0.25) is 5.91 Å². The molecule has 1 aliphatic heterocycles. The van der Waals surface area contributed by atoms with E-state index in [9.17, 15) is 19.7 Å². The largest absolute Gasteiger partial charge is 0.301 e. The molecule has 2 amide bonds. The van der Waals surface area contributed by atoms with Crippen LogP contribution in [0.25, 0.3) is 0 Å². The van der Waals surface area contributed by atoms with E-state index in [1.165, 1.54) is 29.2 Å². The Morgan fingerprint density at radius 3 is 2.59 bits per heavy atom. The molecule has 10 heteroatoms. The Balaban J connectivity index is 1.88. The summed E-state index contributed by atoms with van der Waals surface area (Å²) in [5, 5.41) is 13.3. The van der Waals surface area contributed by atoms with Crippen molar-refractivity contribution in [2.45, 2.75) is 0 Å². The number of carbonyl (C=O) groups is 2. The number of thiocarbonyl (C=S) groups is 1. The van der Waals surface area contributed by atoms with Gasteiger partial charge < -0.3 is 5.32 Å². The minimum absolute atomic E-state index is 0.0210. The third-order valence-corrected chi connectivity index (χ3v) is 4.51. The number of nitro groups is 1. The molecule has 1 aliphatic rings. The van der Waals surface area contributed by atoms with E-state index in [4.69, 9.17) is 12.2 Å². The monoisotopic (exact) mass is 446 g/mol. The molecule has 2 aromatic carbocycles. The number of nitrogens with zero attached hydrogens (tertiary/aromatic N) is 3. The third-order valence-electron chi connectivity index (χ3n) is 3.70. The first kappa shape index (κ1) is 18.8. The molecule has 0 unspecified atom stereocenters. The normalized spacial score (nSPS) is 17.3. The predicted molar refractivity (Wildman–Crippen MR) is 107 cm³/mol. The van der Waals surface area contributed by atoms with Gasteiger partial charge >= 0.3 is 0 Å². The molecule has 0 spiro atoms. The number of amides is 2. The highest BCUT2D eigenvalue weighted by Crippen LogP contribution is 2.24. The number of rotatable bonds is 4. The van der Waals surface area contributed by atoms with Crippen molar-refractivity contribution in [3.8, 4) is 0 Å². The molecule has 1 heterocycles. The van der Waals surface area contributed by atoms with E-state index in [0.29, 0.717) is 5.69 Å². The average molecular weight is 447 g/mol. The van der Waals surface area contributed by atoms with Crippen molar-refractivity contribution >= 4 is 68.4 Å². The Morgan fingerprint density at radius 2 is 1.93 bits per heavy atom. The van der Waals surface area contributed by atoms with E-state index < -0.39 is 22.7 Å². The second-order valence-electron chi connectivity index (χ2n) is 5.48. The van der Waals surface area contributed by atoms with Crippen LogP contribution < -0.4 is 10.2 Å². The second-order valence-corrected chi connectivity index (χ2v) is 6.78. The summed E-state index contributed by atoms with van der Waals surface area (Å²) in [5.74, 6) is -2.37. The van der Waals surface area contributed by atoms with Gasteiger partial charge in [0.05, 0.1) is 16.3 Å². The van der Waals surface area contributed by atoms with E-state index in [0.717, 1.165) is 10.7 Å². The maximum absolute atomic E-state index is 12.8. The van der Waals surface area contributed by atoms with Crippen molar-refractivity contribution in [1.82, 2.24) is 5.32 Å². The third kappa shape index (κ3) is 4.07. The Kier molecular flexibility index (Phi) is 5.38. The zero-order chi connectivity index (χ0) is 19.6. The van der Waals surface area contributed by atoms with Crippen molar-refractivity contribution < 1.29 is 14.5 Å². The number of anilines is 1. The fraction of sp³-hybridized carbons (Fsp3) is 0.0588. The Hall–Kier alpha value is -2.98. The molecule has 1 fully saturated rings. The van der Waals surface area contributed by atoms with Crippen LogP contribution in [0.15, 0.2) is 58.0 Å². The maximum atomic E-state index is 12.8. The minimum Gasteiger partial charge on any atom is -0.301 e. The lowest BCUT2D eigenvalue weighted by atomic mass is 10.1. The lowest BCUT2D eigenvalue weighted by Gasteiger charge is -2.30. The molecule has 27 heavy (non-hydrogen) atoms. The smallest absolute Gasteiger partial charge is 0.271 e. The first-order valence-electron chi connectivity index (χ1n) is 7.60. The van der Waals surface area contributed by atoms with Gasteiger partial charge in [0.15, 0.2) is 11.0 Å². The number of nitro benzene ring substituents is 1. The fourth-order valence-electron chi connectivity index (χ4n) is 2.40. The van der Waals surface area contributed by atoms with Crippen molar-refractivity contribution in [3.63, 3.8) is 0 Å². The van der Waals surface area contributed by atoms with Gasteiger partial charge in [-0.05, 0) is 42.5 Å². The SMILES string of the molecule is O=C1NC(=S)N(c2ccc(Br)cc2)C(=O)[C@@H]1C=Nc1cccc([N+](=O)[O-])c1. The van der Waals surface area contributed by atoms with Gasteiger partial charge in [-0.25, -0.2) is 0 Å². The number of hydrogen-bond donors (Lipinski definition) is 1. The molecule has 1 saturated heterocycles. The Labute approximate surface area is 167 Å². The predicted octanol–water partition coefficient (Wildman–Crippen LogP) is 3.12. The quantitative estimate of drug-likeness (QED) is 0.255. The lowest BCUT2D eigenvalue weighted by Crippen LogP contribution is -2.58. The van der Waals surface area contributed by atoms with Crippen LogP contribution in [0.3, 0.4) is 0 Å². The first-order chi connectivity index (χ1) is 12.9. The molecule has 0 aromatic heterocycles. The zero-order valence-corrected chi connectivity index (χ0v) is 15.9. The van der Waals surface area contributed by atoms with Crippen LogP contribution in [0, 0.1) is 16.0 Å². The number of benzene rings is 2. The highest BCUT2D eigenvalue weighted by atomic mass is 79.9. The summed E-state index contributed by atoms with van der Waals surface area (Å²) in [4.78, 5) is 40.5. The maximum Gasteiger partial charge on any atom is 0.271 e. The van der Waals surface area contributed by atoms with E-state index >= 15 is 0 Å². The van der Waals surface area contributed by atoms with Crippen LogP contribution >= 0.6 is 28.1 Å². The van der Waals surface area contributed by atoms with E-state index in [-0.39, 0.29) is 16.5 Å². The summed E-state index contributed by atoms with van der Waals surface area (Å²) < 4.78 is 0.828. The second kappa shape index (κ2) is 7.72. The molecule has 1 atom stereocenters. The number of hydrogen-bond acceptors (Lipinski definition) is 6. The molecule has 0 bridgehead atoms. The van der Waals surface area contributed by atoms with Crippen LogP contribution in [-0.4, -0.2) is 28.1 Å². The van der Waals surface area contributed by atoms with Gasteiger partial charge in [-0.15, -0.1) is 0 Å². The fourth-order valence-corrected chi connectivity index (χ4v) is 2.96. The molecular formula is C17H11BrN4O4S. The number of nitrogens with one attached hydrogen (secondary N) is 1. The molecule has 3 rings (SSSR count). The molecule has 0 saturated carbocycles. The zero-order valence-electron chi connectivity index (χ0n) is 13.5. The molecule has 0 radical (unpaired) electrons. The number of halogens is 1. The van der Waals surface area contributed by atoms with Crippen molar-refractivity contribution in [2.75, 3.05) is 4.90 Å². The Morgan fingerprint density at radius 1 is 1.22 bits per heavy atom. The highest BCUT2D eigenvalue weighted by Gasteiger charge is 2.38. The summed E-state index contributed by atoms with van der Waals surface area (Å²) in [6.45, 7) is 0. The van der Waals surface area contributed by atoms with Crippen LogP contribution in [0.1, 0.15) is 0 Å². The van der Waals surface area contributed by atoms with E-state index in [2.05, 4.69) is 26.2 Å². The highest BCUT2D eigenvalue weighted by molar-refractivity contribution is 9.10. The average Bonchev–Trinajstić information content (AvgIpc) is 2.63. The number of non-ortho nitro benzene ring substituents is 1. The summed E-state index contributed by atoms with van der Waals surface area (Å²) >= 11 is 8.43. The van der Waals surface area contributed by atoms with Crippen molar-refractivity contribution in [1.29, 1.82) is 0 Å². The summed E-state index contributed by atoms with van der Waals surface area (Å²) in [6, 6.07) is 12.4. The van der Waals surface area contributed by atoms with Gasteiger partial charge in [-0.1, -0.05) is 22.0 Å². The number of aliphatic imine (C=N–C) groups is 1. The van der Waals surface area contributed by atoms with Crippen LogP contribution in [0.4, 0.5) is 17.1 Å². The standard InChI is InChI=1S/C17H11BrN4O4S/c18-10-4-6-12(7-5-10)21-16(24)14(15(23)20-17(21)27)9-19-11-2-1-3-13(8-11)22(25)26/h1-9,14H,(H,20,23,27)/t14-/m1/s1.